The molecule has 1 atom stereocenters. The lowest BCUT2D eigenvalue weighted by atomic mass is 10.1. The van der Waals surface area contributed by atoms with Gasteiger partial charge in [0.1, 0.15) is 6.04 Å². The fraction of sp³-hybridized carbons (Fsp3) is 0.130. The molecule has 0 saturated heterocycles. The van der Waals surface area contributed by atoms with Crippen LogP contribution >= 0.6 is 15.9 Å². The Morgan fingerprint density at radius 3 is 2.13 bits per heavy atom. The number of benzene rings is 2. The number of aromatic nitrogens is 1. The van der Waals surface area contributed by atoms with Crippen molar-refractivity contribution in [1.29, 1.82) is 0 Å². The zero-order chi connectivity index (χ0) is 21.3. The quantitative estimate of drug-likeness (QED) is 0.534. The summed E-state index contributed by atoms with van der Waals surface area (Å²) >= 11 is 3.40. The standard InChI is InChI=1S/C23H18BrN3O3/c1-15(27-22(29)19-7-2-3-8-20(19)23(27)30)21(28)26(14-17-6-4-5-13-25-17)18-11-9-16(24)10-12-18/h2-13,15H,14H2,1H3. The Kier molecular flexibility index (Phi) is 5.46. The van der Waals surface area contributed by atoms with E-state index < -0.39 is 17.9 Å². The van der Waals surface area contributed by atoms with Crippen molar-refractivity contribution in [2.45, 2.75) is 19.5 Å². The van der Waals surface area contributed by atoms with Gasteiger partial charge in [0.2, 0.25) is 5.91 Å². The van der Waals surface area contributed by atoms with E-state index in [4.69, 9.17) is 0 Å². The van der Waals surface area contributed by atoms with Crippen molar-refractivity contribution in [3.63, 3.8) is 0 Å². The predicted molar refractivity (Wildman–Crippen MR) is 116 cm³/mol. The molecule has 0 bridgehead atoms. The van der Waals surface area contributed by atoms with Gasteiger partial charge in [-0.15, -0.1) is 0 Å². The minimum atomic E-state index is -0.968. The highest BCUT2D eigenvalue weighted by molar-refractivity contribution is 9.10. The minimum Gasteiger partial charge on any atom is -0.305 e. The van der Waals surface area contributed by atoms with Crippen molar-refractivity contribution in [2.24, 2.45) is 0 Å². The molecule has 0 spiro atoms. The molecule has 0 N–H and O–H groups in total. The van der Waals surface area contributed by atoms with Gasteiger partial charge in [-0.2, -0.15) is 0 Å². The molecule has 6 nitrogen and oxygen atoms in total. The lowest BCUT2D eigenvalue weighted by Gasteiger charge is -2.29. The van der Waals surface area contributed by atoms with E-state index in [1.807, 2.05) is 24.3 Å². The lowest BCUT2D eigenvalue weighted by molar-refractivity contribution is -0.122. The van der Waals surface area contributed by atoms with E-state index in [9.17, 15) is 14.4 Å². The number of rotatable bonds is 5. The monoisotopic (exact) mass is 463 g/mol. The highest BCUT2D eigenvalue weighted by Gasteiger charge is 2.42. The predicted octanol–water partition coefficient (Wildman–Crippen LogP) is 4.06. The number of hydrogen-bond donors (Lipinski definition) is 0. The van der Waals surface area contributed by atoms with E-state index in [1.54, 1.807) is 60.5 Å². The molecule has 1 aliphatic rings. The Hall–Kier alpha value is -3.32. The van der Waals surface area contributed by atoms with Crippen LogP contribution < -0.4 is 4.90 Å². The average Bonchev–Trinajstić information content (AvgIpc) is 3.03. The number of pyridine rings is 1. The smallest absolute Gasteiger partial charge is 0.262 e. The van der Waals surface area contributed by atoms with Gasteiger partial charge in [0.15, 0.2) is 0 Å². The number of fused-ring (bicyclic) bond motifs is 1. The topological polar surface area (TPSA) is 70.6 Å². The van der Waals surface area contributed by atoms with Crippen molar-refractivity contribution in [3.05, 3.63) is 94.2 Å². The van der Waals surface area contributed by atoms with E-state index in [2.05, 4.69) is 20.9 Å². The molecule has 7 heteroatoms. The number of anilines is 1. The number of carbonyl (C=O) groups is 3. The van der Waals surface area contributed by atoms with Crippen LogP contribution in [0.25, 0.3) is 0 Å². The van der Waals surface area contributed by atoms with Crippen LogP contribution in [0.15, 0.2) is 77.4 Å². The summed E-state index contributed by atoms with van der Waals surface area (Å²) in [6.45, 7) is 1.79. The Bertz CT molecular complexity index is 1080. The Balaban J connectivity index is 1.67. The van der Waals surface area contributed by atoms with Crippen molar-refractivity contribution >= 4 is 39.3 Å². The maximum atomic E-state index is 13.5. The summed E-state index contributed by atoms with van der Waals surface area (Å²) in [6, 6.07) is 18.4. The number of nitrogens with zero attached hydrogens (tertiary/aromatic N) is 3. The van der Waals surface area contributed by atoms with E-state index >= 15 is 0 Å². The van der Waals surface area contributed by atoms with E-state index in [1.165, 1.54) is 0 Å². The summed E-state index contributed by atoms with van der Waals surface area (Å²) in [6.07, 6.45) is 1.66. The second-order valence-electron chi connectivity index (χ2n) is 6.92. The van der Waals surface area contributed by atoms with Gasteiger partial charge in [-0.3, -0.25) is 24.3 Å². The van der Waals surface area contributed by atoms with E-state index in [0.29, 0.717) is 22.5 Å². The molecule has 0 fully saturated rings. The number of hydrogen-bond acceptors (Lipinski definition) is 4. The molecule has 30 heavy (non-hydrogen) atoms. The maximum absolute atomic E-state index is 13.5. The van der Waals surface area contributed by atoms with Crippen molar-refractivity contribution < 1.29 is 14.4 Å². The first kappa shape index (κ1) is 20.0. The lowest BCUT2D eigenvalue weighted by Crippen LogP contribution is -2.49. The third-order valence-electron chi connectivity index (χ3n) is 5.02. The highest BCUT2D eigenvalue weighted by atomic mass is 79.9. The van der Waals surface area contributed by atoms with Crippen LogP contribution in [-0.2, 0) is 11.3 Å². The van der Waals surface area contributed by atoms with Gasteiger partial charge in [-0.25, -0.2) is 0 Å². The fourth-order valence-corrected chi connectivity index (χ4v) is 3.73. The molecule has 1 aromatic heterocycles. The van der Waals surface area contributed by atoms with E-state index in [0.717, 1.165) is 9.37 Å². The van der Waals surface area contributed by atoms with Crippen LogP contribution in [0.2, 0.25) is 0 Å². The van der Waals surface area contributed by atoms with Gasteiger partial charge in [0.25, 0.3) is 11.8 Å². The second-order valence-corrected chi connectivity index (χ2v) is 7.84. The third kappa shape index (κ3) is 3.64. The van der Waals surface area contributed by atoms with Crippen molar-refractivity contribution in [3.8, 4) is 0 Å². The molecule has 3 aromatic rings. The van der Waals surface area contributed by atoms with Crippen LogP contribution in [0.3, 0.4) is 0 Å². The zero-order valence-corrected chi connectivity index (χ0v) is 17.7. The van der Waals surface area contributed by atoms with Gasteiger partial charge in [0, 0.05) is 16.4 Å². The second kappa shape index (κ2) is 8.20. The maximum Gasteiger partial charge on any atom is 0.262 e. The summed E-state index contributed by atoms with van der Waals surface area (Å²) in [5.74, 6) is -1.27. The molecule has 3 amide bonds. The molecule has 4 rings (SSSR count). The normalized spacial score (nSPS) is 13.9. The van der Waals surface area contributed by atoms with Gasteiger partial charge >= 0.3 is 0 Å². The van der Waals surface area contributed by atoms with Gasteiger partial charge in [-0.1, -0.05) is 34.1 Å². The third-order valence-corrected chi connectivity index (χ3v) is 5.55. The number of carbonyl (C=O) groups excluding carboxylic acids is 3. The van der Waals surface area contributed by atoms with Crippen LogP contribution in [0, 0.1) is 0 Å². The molecule has 2 aromatic carbocycles. The molecule has 0 aliphatic carbocycles. The number of imide groups is 1. The Morgan fingerprint density at radius 1 is 0.967 bits per heavy atom. The van der Waals surface area contributed by atoms with Crippen molar-refractivity contribution in [2.75, 3.05) is 4.90 Å². The first-order chi connectivity index (χ1) is 14.5. The fourth-order valence-electron chi connectivity index (χ4n) is 3.47. The Labute approximate surface area is 182 Å². The summed E-state index contributed by atoms with van der Waals surface area (Å²) < 4.78 is 0.880. The highest BCUT2D eigenvalue weighted by Crippen LogP contribution is 2.27. The molecule has 150 valence electrons. The summed E-state index contributed by atoms with van der Waals surface area (Å²) in [4.78, 5) is 46.1. The summed E-state index contributed by atoms with van der Waals surface area (Å²) in [7, 11) is 0. The first-order valence-corrected chi connectivity index (χ1v) is 10.2. The number of halogens is 1. The van der Waals surface area contributed by atoms with Gasteiger partial charge in [-0.05, 0) is 55.5 Å². The molecule has 2 heterocycles. The van der Waals surface area contributed by atoms with Crippen LogP contribution in [0.5, 0.6) is 0 Å². The van der Waals surface area contributed by atoms with Crippen molar-refractivity contribution in [1.82, 2.24) is 9.88 Å². The molecular weight excluding hydrogens is 446 g/mol. The summed E-state index contributed by atoms with van der Waals surface area (Å²) in [5, 5.41) is 0. The van der Waals surface area contributed by atoms with Gasteiger partial charge < -0.3 is 4.90 Å². The van der Waals surface area contributed by atoms with E-state index in [-0.39, 0.29) is 12.5 Å². The minimum absolute atomic E-state index is 0.217. The first-order valence-electron chi connectivity index (χ1n) is 9.41. The molecule has 0 radical (unpaired) electrons. The van der Waals surface area contributed by atoms with Crippen LogP contribution in [0.4, 0.5) is 5.69 Å². The van der Waals surface area contributed by atoms with Crippen LogP contribution in [-0.4, -0.2) is 33.6 Å². The largest absolute Gasteiger partial charge is 0.305 e. The molecular formula is C23H18BrN3O3. The number of amides is 3. The average molecular weight is 464 g/mol. The van der Waals surface area contributed by atoms with Gasteiger partial charge in [0.05, 0.1) is 23.4 Å². The van der Waals surface area contributed by atoms with Crippen LogP contribution in [0.1, 0.15) is 33.3 Å². The Morgan fingerprint density at radius 2 is 1.57 bits per heavy atom. The molecule has 0 saturated carbocycles. The molecule has 1 unspecified atom stereocenters. The SMILES string of the molecule is CC(C(=O)N(Cc1ccccn1)c1ccc(Br)cc1)N1C(=O)c2ccccc2C1=O. The zero-order valence-electron chi connectivity index (χ0n) is 16.2. The molecule has 1 aliphatic heterocycles. The summed E-state index contributed by atoms with van der Waals surface area (Å²) in [5.41, 5.74) is 1.99.